The van der Waals surface area contributed by atoms with E-state index in [9.17, 15) is 13.2 Å². The van der Waals surface area contributed by atoms with Gasteiger partial charge in [-0.1, -0.05) is 24.3 Å². The molecule has 0 aliphatic rings. The lowest BCUT2D eigenvalue weighted by molar-refractivity contribution is -0.0512. The third-order valence-corrected chi connectivity index (χ3v) is 4.99. The van der Waals surface area contributed by atoms with E-state index in [4.69, 9.17) is 4.74 Å². The van der Waals surface area contributed by atoms with Crippen LogP contribution in [0, 0.1) is 5.82 Å². The average molecular weight is 393 g/mol. The molecule has 0 radical (unpaired) electrons. The van der Waals surface area contributed by atoms with Gasteiger partial charge < -0.3 is 14.8 Å². The number of alkyl halides is 2. The van der Waals surface area contributed by atoms with Crippen molar-refractivity contribution in [2.75, 3.05) is 7.11 Å². The van der Waals surface area contributed by atoms with Gasteiger partial charge in [0, 0.05) is 28.4 Å². The Labute approximate surface area is 159 Å². The topological polar surface area (TPSA) is 30.5 Å². The second-order valence-electron chi connectivity index (χ2n) is 5.71. The van der Waals surface area contributed by atoms with Crippen LogP contribution in [-0.2, 0) is 13.1 Å². The van der Waals surface area contributed by atoms with Crippen LogP contribution in [-0.4, -0.2) is 13.7 Å². The number of hydrogen-bond acceptors (Lipinski definition) is 4. The quantitative estimate of drug-likeness (QED) is 0.552. The summed E-state index contributed by atoms with van der Waals surface area (Å²) in [5, 5.41) is 3.25. The number of rotatable bonds is 8. The smallest absolute Gasteiger partial charge is 0.387 e. The van der Waals surface area contributed by atoms with E-state index in [1.54, 1.807) is 30.3 Å². The van der Waals surface area contributed by atoms with Crippen LogP contribution < -0.4 is 14.8 Å². The first-order valence-corrected chi connectivity index (χ1v) is 9.04. The van der Waals surface area contributed by atoms with Gasteiger partial charge >= 0.3 is 6.61 Å². The molecule has 27 heavy (non-hydrogen) atoms. The standard InChI is InChI=1S/C20H18F3NO2S/c1-25-17-8-6-13(10-18(17)26-20(22)23)11-24-12-14-7-9-19(27-14)15-4-2-3-5-16(15)21/h2-10,20,24H,11-12H2,1H3. The van der Waals surface area contributed by atoms with Crippen molar-refractivity contribution in [1.29, 1.82) is 0 Å². The predicted molar refractivity (Wildman–Crippen MR) is 99.9 cm³/mol. The van der Waals surface area contributed by atoms with Crippen molar-refractivity contribution in [3.05, 3.63) is 70.9 Å². The molecule has 2 aromatic carbocycles. The number of hydrogen-bond donors (Lipinski definition) is 1. The van der Waals surface area contributed by atoms with E-state index in [0.29, 0.717) is 18.7 Å². The second-order valence-corrected chi connectivity index (χ2v) is 6.88. The van der Waals surface area contributed by atoms with Gasteiger partial charge in [0.2, 0.25) is 0 Å². The maximum Gasteiger partial charge on any atom is 0.387 e. The molecule has 7 heteroatoms. The summed E-state index contributed by atoms with van der Waals surface area (Å²) < 4.78 is 48.4. The van der Waals surface area contributed by atoms with Gasteiger partial charge in [-0.15, -0.1) is 11.3 Å². The number of nitrogens with one attached hydrogen (secondary N) is 1. The number of benzene rings is 2. The Bertz CT molecular complexity index is 898. The Balaban J connectivity index is 1.61. The molecule has 0 bridgehead atoms. The molecule has 1 N–H and O–H groups in total. The van der Waals surface area contributed by atoms with E-state index >= 15 is 0 Å². The Kier molecular flexibility index (Phi) is 6.36. The van der Waals surface area contributed by atoms with Crippen molar-refractivity contribution < 1.29 is 22.6 Å². The Morgan fingerprint density at radius 1 is 1.00 bits per heavy atom. The van der Waals surface area contributed by atoms with Gasteiger partial charge in [-0.05, 0) is 35.9 Å². The summed E-state index contributed by atoms with van der Waals surface area (Å²) in [4.78, 5) is 1.91. The molecule has 1 aromatic heterocycles. The minimum Gasteiger partial charge on any atom is -0.493 e. The maximum atomic E-state index is 13.9. The molecule has 0 fully saturated rings. The zero-order valence-corrected chi connectivity index (χ0v) is 15.4. The lowest BCUT2D eigenvalue weighted by Gasteiger charge is -2.12. The van der Waals surface area contributed by atoms with Crippen molar-refractivity contribution in [2.24, 2.45) is 0 Å². The zero-order valence-electron chi connectivity index (χ0n) is 14.5. The molecule has 3 nitrogen and oxygen atoms in total. The first-order chi connectivity index (χ1) is 13.1. The fourth-order valence-electron chi connectivity index (χ4n) is 2.63. The predicted octanol–water partition coefficient (Wildman–Crippen LogP) is 5.45. The fourth-order valence-corrected chi connectivity index (χ4v) is 3.63. The molecule has 1 heterocycles. The second kappa shape index (κ2) is 8.92. The van der Waals surface area contributed by atoms with Gasteiger partial charge in [0.05, 0.1) is 7.11 Å². The van der Waals surface area contributed by atoms with Crippen molar-refractivity contribution >= 4 is 11.3 Å². The van der Waals surface area contributed by atoms with Gasteiger partial charge in [-0.3, -0.25) is 0 Å². The molecule has 0 amide bonds. The molecule has 0 spiro atoms. The fraction of sp³-hybridized carbons (Fsp3) is 0.200. The molecule has 0 aliphatic heterocycles. The Morgan fingerprint density at radius 2 is 1.81 bits per heavy atom. The number of ether oxygens (including phenoxy) is 2. The number of methoxy groups -OCH3 is 1. The van der Waals surface area contributed by atoms with E-state index < -0.39 is 6.61 Å². The summed E-state index contributed by atoms with van der Waals surface area (Å²) in [7, 11) is 1.40. The van der Waals surface area contributed by atoms with Crippen LogP contribution in [0.2, 0.25) is 0 Å². The monoisotopic (exact) mass is 393 g/mol. The van der Waals surface area contributed by atoms with Gasteiger partial charge in [-0.2, -0.15) is 8.78 Å². The molecule has 0 saturated carbocycles. The highest BCUT2D eigenvalue weighted by molar-refractivity contribution is 7.15. The van der Waals surface area contributed by atoms with Crippen LogP contribution in [0.1, 0.15) is 10.4 Å². The lowest BCUT2D eigenvalue weighted by atomic mass is 10.2. The third-order valence-electron chi connectivity index (χ3n) is 3.87. The van der Waals surface area contributed by atoms with E-state index in [2.05, 4.69) is 10.1 Å². The maximum absolute atomic E-state index is 13.9. The first-order valence-electron chi connectivity index (χ1n) is 8.23. The van der Waals surface area contributed by atoms with Crippen molar-refractivity contribution in [1.82, 2.24) is 5.32 Å². The van der Waals surface area contributed by atoms with Gasteiger partial charge in [0.25, 0.3) is 0 Å². The molecule has 3 aromatic rings. The van der Waals surface area contributed by atoms with E-state index in [-0.39, 0.29) is 17.3 Å². The van der Waals surface area contributed by atoms with Crippen LogP contribution >= 0.6 is 11.3 Å². The van der Waals surface area contributed by atoms with Crippen molar-refractivity contribution in [3.8, 4) is 21.9 Å². The minimum atomic E-state index is -2.91. The van der Waals surface area contributed by atoms with E-state index in [0.717, 1.165) is 15.3 Å². The van der Waals surface area contributed by atoms with Gasteiger partial charge in [-0.25, -0.2) is 4.39 Å². The van der Waals surface area contributed by atoms with Gasteiger partial charge in [0.15, 0.2) is 11.5 Å². The largest absolute Gasteiger partial charge is 0.493 e. The normalized spacial score (nSPS) is 11.0. The van der Waals surface area contributed by atoms with Crippen LogP contribution in [0.15, 0.2) is 54.6 Å². The summed E-state index contributed by atoms with van der Waals surface area (Å²) in [6, 6.07) is 15.4. The van der Waals surface area contributed by atoms with Crippen molar-refractivity contribution in [2.45, 2.75) is 19.7 Å². The van der Waals surface area contributed by atoms with Crippen LogP contribution in [0.4, 0.5) is 13.2 Å². The highest BCUT2D eigenvalue weighted by Crippen LogP contribution is 2.31. The third kappa shape index (κ3) is 5.02. The van der Waals surface area contributed by atoms with Gasteiger partial charge in [0.1, 0.15) is 5.82 Å². The first kappa shape index (κ1) is 19.3. The zero-order chi connectivity index (χ0) is 19.2. The molecule has 0 unspecified atom stereocenters. The SMILES string of the molecule is COc1ccc(CNCc2ccc(-c3ccccc3F)s2)cc1OC(F)F. The van der Waals surface area contributed by atoms with Crippen molar-refractivity contribution in [3.63, 3.8) is 0 Å². The molecule has 3 rings (SSSR count). The van der Waals surface area contributed by atoms with E-state index in [1.807, 2.05) is 12.1 Å². The average Bonchev–Trinajstić information content (AvgIpc) is 3.10. The molecule has 0 saturated heterocycles. The van der Waals surface area contributed by atoms with Crippen LogP contribution in [0.5, 0.6) is 11.5 Å². The van der Waals surface area contributed by atoms with Crippen LogP contribution in [0.3, 0.4) is 0 Å². The molecular weight excluding hydrogens is 375 g/mol. The van der Waals surface area contributed by atoms with Crippen LogP contribution in [0.25, 0.3) is 10.4 Å². The summed E-state index contributed by atoms with van der Waals surface area (Å²) >= 11 is 1.51. The molecule has 142 valence electrons. The number of halogens is 3. The highest BCUT2D eigenvalue weighted by atomic mass is 32.1. The Morgan fingerprint density at radius 3 is 2.56 bits per heavy atom. The highest BCUT2D eigenvalue weighted by Gasteiger charge is 2.11. The van der Waals surface area contributed by atoms with E-state index in [1.165, 1.54) is 30.6 Å². The summed E-state index contributed by atoms with van der Waals surface area (Å²) in [5.74, 6) is 0.0141. The Hall–Kier alpha value is -2.51. The number of thiophene rings is 1. The lowest BCUT2D eigenvalue weighted by Crippen LogP contribution is -2.12. The summed E-state index contributed by atoms with van der Waals surface area (Å²) in [6.45, 7) is -1.86. The molecule has 0 aliphatic carbocycles. The minimum absolute atomic E-state index is 0.00441. The molecule has 0 atom stereocenters. The summed E-state index contributed by atoms with van der Waals surface area (Å²) in [5.41, 5.74) is 1.37. The summed E-state index contributed by atoms with van der Waals surface area (Å²) in [6.07, 6.45) is 0. The molecular formula is C20H18F3NO2S.